The highest BCUT2D eigenvalue weighted by atomic mass is 16.6. The van der Waals surface area contributed by atoms with Crippen molar-refractivity contribution < 1.29 is 9.84 Å². The Labute approximate surface area is 116 Å². The Bertz CT molecular complexity index is 374. The molecular formula is C17H26O2. The van der Waals surface area contributed by atoms with Gasteiger partial charge in [0.1, 0.15) is 0 Å². The molecule has 1 saturated carbocycles. The van der Waals surface area contributed by atoms with E-state index in [9.17, 15) is 5.11 Å². The van der Waals surface area contributed by atoms with Crippen molar-refractivity contribution in [2.45, 2.75) is 52.4 Å². The van der Waals surface area contributed by atoms with Crippen LogP contribution in [0.4, 0.5) is 0 Å². The molecule has 106 valence electrons. The topological polar surface area (TPSA) is 29.5 Å². The average molecular weight is 262 g/mol. The van der Waals surface area contributed by atoms with Crippen molar-refractivity contribution in [1.82, 2.24) is 0 Å². The molecular weight excluding hydrogens is 236 g/mol. The SMILES string of the molecule is CC1CCC(C(C)C)C(OC(O)c2ccccc2)C1. The molecule has 1 aromatic rings. The minimum atomic E-state index is -0.794. The molecule has 19 heavy (non-hydrogen) atoms. The van der Waals surface area contributed by atoms with Gasteiger partial charge < -0.3 is 9.84 Å². The van der Waals surface area contributed by atoms with Gasteiger partial charge in [-0.15, -0.1) is 0 Å². The third-order valence-electron chi connectivity index (χ3n) is 4.35. The van der Waals surface area contributed by atoms with E-state index in [1.165, 1.54) is 12.8 Å². The molecule has 0 saturated heterocycles. The van der Waals surface area contributed by atoms with E-state index in [1.807, 2.05) is 30.3 Å². The summed E-state index contributed by atoms with van der Waals surface area (Å²) in [6.45, 7) is 6.79. The molecule has 1 aliphatic rings. The fourth-order valence-corrected chi connectivity index (χ4v) is 3.13. The van der Waals surface area contributed by atoms with Gasteiger partial charge in [-0.05, 0) is 30.6 Å². The smallest absolute Gasteiger partial charge is 0.181 e. The van der Waals surface area contributed by atoms with Crippen LogP contribution in [0.25, 0.3) is 0 Å². The lowest BCUT2D eigenvalue weighted by Crippen LogP contribution is -2.35. The number of aliphatic hydroxyl groups excluding tert-OH is 1. The van der Waals surface area contributed by atoms with Crippen LogP contribution >= 0.6 is 0 Å². The van der Waals surface area contributed by atoms with Crippen LogP contribution in [0.1, 0.15) is 51.9 Å². The fraction of sp³-hybridized carbons (Fsp3) is 0.647. The van der Waals surface area contributed by atoms with Crippen molar-refractivity contribution in [3.63, 3.8) is 0 Å². The van der Waals surface area contributed by atoms with Crippen LogP contribution in [0.15, 0.2) is 30.3 Å². The fourth-order valence-electron chi connectivity index (χ4n) is 3.13. The van der Waals surface area contributed by atoms with Crippen LogP contribution in [0.3, 0.4) is 0 Å². The number of benzene rings is 1. The molecule has 2 nitrogen and oxygen atoms in total. The summed E-state index contributed by atoms with van der Waals surface area (Å²) in [6.07, 6.45) is 2.94. The van der Waals surface area contributed by atoms with Crippen molar-refractivity contribution in [3.05, 3.63) is 35.9 Å². The van der Waals surface area contributed by atoms with Crippen LogP contribution in [0.5, 0.6) is 0 Å². The standard InChI is InChI=1S/C17H26O2/c1-12(2)15-10-9-13(3)11-16(15)19-17(18)14-7-5-4-6-8-14/h4-8,12-13,15-18H,9-11H2,1-3H3. The normalized spacial score (nSPS) is 29.4. The second-order valence-corrected chi connectivity index (χ2v) is 6.26. The molecule has 4 unspecified atom stereocenters. The third kappa shape index (κ3) is 3.80. The summed E-state index contributed by atoms with van der Waals surface area (Å²) in [7, 11) is 0. The number of hydrogen-bond acceptors (Lipinski definition) is 2. The van der Waals surface area contributed by atoms with E-state index >= 15 is 0 Å². The zero-order chi connectivity index (χ0) is 13.8. The Morgan fingerprint density at radius 3 is 2.47 bits per heavy atom. The lowest BCUT2D eigenvalue weighted by Gasteiger charge is -2.38. The summed E-state index contributed by atoms with van der Waals surface area (Å²) in [5.41, 5.74) is 0.850. The number of hydrogen-bond donors (Lipinski definition) is 1. The predicted octanol–water partition coefficient (Wildman–Crippen LogP) is 4.15. The molecule has 0 bridgehead atoms. The molecule has 0 spiro atoms. The highest BCUT2D eigenvalue weighted by molar-refractivity contribution is 5.15. The van der Waals surface area contributed by atoms with Gasteiger partial charge >= 0.3 is 0 Å². The van der Waals surface area contributed by atoms with Gasteiger partial charge in [-0.25, -0.2) is 0 Å². The van der Waals surface area contributed by atoms with Gasteiger partial charge in [0.25, 0.3) is 0 Å². The summed E-state index contributed by atoms with van der Waals surface area (Å²) < 4.78 is 5.98. The van der Waals surface area contributed by atoms with E-state index in [0.717, 1.165) is 12.0 Å². The highest BCUT2D eigenvalue weighted by Crippen LogP contribution is 2.37. The van der Waals surface area contributed by atoms with Crippen LogP contribution in [-0.2, 0) is 4.74 Å². The lowest BCUT2D eigenvalue weighted by atomic mass is 9.75. The molecule has 1 aromatic carbocycles. The van der Waals surface area contributed by atoms with Gasteiger partial charge in [0.05, 0.1) is 6.10 Å². The van der Waals surface area contributed by atoms with Crippen molar-refractivity contribution in [2.75, 3.05) is 0 Å². The van der Waals surface area contributed by atoms with E-state index in [2.05, 4.69) is 20.8 Å². The molecule has 0 aromatic heterocycles. The summed E-state index contributed by atoms with van der Waals surface area (Å²) in [5, 5.41) is 10.2. The number of ether oxygens (including phenoxy) is 1. The Balaban J connectivity index is 2.02. The molecule has 0 amide bonds. The Kier molecular flexibility index (Phi) is 5.00. The van der Waals surface area contributed by atoms with Crippen LogP contribution < -0.4 is 0 Å². The maximum absolute atomic E-state index is 10.2. The second-order valence-electron chi connectivity index (χ2n) is 6.26. The van der Waals surface area contributed by atoms with Crippen molar-refractivity contribution in [1.29, 1.82) is 0 Å². The first kappa shape index (κ1) is 14.5. The van der Waals surface area contributed by atoms with Gasteiger partial charge in [-0.2, -0.15) is 0 Å². The van der Waals surface area contributed by atoms with Crippen LogP contribution in [-0.4, -0.2) is 11.2 Å². The highest BCUT2D eigenvalue weighted by Gasteiger charge is 2.32. The van der Waals surface area contributed by atoms with Crippen molar-refractivity contribution in [2.24, 2.45) is 17.8 Å². The molecule has 2 heteroatoms. The largest absolute Gasteiger partial charge is 0.364 e. The quantitative estimate of drug-likeness (QED) is 0.826. The van der Waals surface area contributed by atoms with Crippen molar-refractivity contribution >= 4 is 0 Å². The zero-order valence-corrected chi connectivity index (χ0v) is 12.3. The average Bonchev–Trinajstić information content (AvgIpc) is 2.39. The Morgan fingerprint density at radius 1 is 1.16 bits per heavy atom. The third-order valence-corrected chi connectivity index (χ3v) is 4.35. The maximum Gasteiger partial charge on any atom is 0.181 e. The first-order valence-corrected chi connectivity index (χ1v) is 7.46. The van der Waals surface area contributed by atoms with E-state index in [-0.39, 0.29) is 6.10 Å². The van der Waals surface area contributed by atoms with Gasteiger partial charge in [0, 0.05) is 5.56 Å². The summed E-state index contributed by atoms with van der Waals surface area (Å²) >= 11 is 0. The van der Waals surface area contributed by atoms with E-state index in [4.69, 9.17) is 4.74 Å². The Hall–Kier alpha value is -0.860. The van der Waals surface area contributed by atoms with Gasteiger partial charge in [-0.1, -0.05) is 57.5 Å². The molecule has 2 rings (SSSR count). The monoisotopic (exact) mass is 262 g/mol. The molecule has 0 heterocycles. The minimum absolute atomic E-state index is 0.180. The zero-order valence-electron chi connectivity index (χ0n) is 12.3. The van der Waals surface area contributed by atoms with Crippen LogP contribution in [0.2, 0.25) is 0 Å². The summed E-state index contributed by atoms with van der Waals surface area (Å²) in [5.74, 6) is 1.87. The van der Waals surface area contributed by atoms with Crippen molar-refractivity contribution in [3.8, 4) is 0 Å². The Morgan fingerprint density at radius 2 is 1.84 bits per heavy atom. The van der Waals surface area contributed by atoms with Gasteiger partial charge in [-0.3, -0.25) is 0 Å². The van der Waals surface area contributed by atoms with E-state index < -0.39 is 6.29 Å². The van der Waals surface area contributed by atoms with E-state index in [0.29, 0.717) is 17.8 Å². The molecule has 1 aliphatic carbocycles. The predicted molar refractivity (Wildman–Crippen MR) is 77.6 cm³/mol. The van der Waals surface area contributed by atoms with E-state index in [1.54, 1.807) is 0 Å². The van der Waals surface area contributed by atoms with Crippen LogP contribution in [0, 0.1) is 17.8 Å². The minimum Gasteiger partial charge on any atom is -0.364 e. The molecule has 1 fully saturated rings. The van der Waals surface area contributed by atoms with Gasteiger partial charge in [0.2, 0.25) is 0 Å². The molecule has 1 N–H and O–H groups in total. The molecule has 4 atom stereocenters. The molecule has 0 aliphatic heterocycles. The summed E-state index contributed by atoms with van der Waals surface area (Å²) in [4.78, 5) is 0. The lowest BCUT2D eigenvalue weighted by molar-refractivity contribution is -0.172. The summed E-state index contributed by atoms with van der Waals surface area (Å²) in [6, 6.07) is 9.66. The first-order valence-electron chi connectivity index (χ1n) is 7.46. The first-order chi connectivity index (χ1) is 9.08. The second kappa shape index (κ2) is 6.53. The number of rotatable bonds is 4. The van der Waals surface area contributed by atoms with Gasteiger partial charge in [0.15, 0.2) is 6.29 Å². The molecule has 0 radical (unpaired) electrons. The number of aliphatic hydroxyl groups is 1. The maximum atomic E-state index is 10.2.